The first-order valence-electron chi connectivity index (χ1n) is 3.58. The predicted molar refractivity (Wildman–Crippen MR) is 41.2 cm³/mol. The molecule has 4 heteroatoms. The molecule has 0 rings (SSSR count). The molecule has 0 saturated carbocycles. The summed E-state index contributed by atoms with van der Waals surface area (Å²) in [5.74, 6) is -0.287. The molecular weight excluding hydrogens is 142 g/mol. The van der Waals surface area contributed by atoms with E-state index in [1.165, 1.54) is 0 Å². The molecule has 62 valence electrons. The van der Waals surface area contributed by atoms with Crippen LogP contribution >= 0.6 is 0 Å². The number of hydrogen-bond acceptors (Lipinski definition) is 3. The first-order valence-corrected chi connectivity index (χ1v) is 3.58. The maximum absolute atomic E-state index is 10.9. The summed E-state index contributed by atoms with van der Waals surface area (Å²) in [5.41, 5.74) is 5.49. The number of hydrogen-bond donors (Lipinski definition) is 2. The van der Waals surface area contributed by atoms with Gasteiger partial charge in [-0.15, -0.1) is 0 Å². The van der Waals surface area contributed by atoms with Gasteiger partial charge in [-0.1, -0.05) is 20.3 Å². The Bertz CT molecular complexity index is 173. The average molecular weight is 155 g/mol. The lowest BCUT2D eigenvalue weighted by Crippen LogP contribution is -2.42. The van der Waals surface area contributed by atoms with Gasteiger partial charge in [-0.2, -0.15) is 5.26 Å². The highest BCUT2D eigenvalue weighted by molar-refractivity contribution is 5.82. The number of amides is 1. The fourth-order valence-electron chi connectivity index (χ4n) is 0.651. The third kappa shape index (κ3) is 3.01. The molecule has 0 radical (unpaired) electrons. The second kappa shape index (κ2) is 4.69. The van der Waals surface area contributed by atoms with E-state index in [1.807, 2.05) is 19.2 Å². The van der Waals surface area contributed by atoms with Gasteiger partial charge in [-0.25, -0.2) is 0 Å². The molecule has 0 spiro atoms. The van der Waals surface area contributed by atoms with Gasteiger partial charge in [0, 0.05) is 0 Å². The first kappa shape index (κ1) is 9.92. The van der Waals surface area contributed by atoms with Gasteiger partial charge in [0.2, 0.25) is 5.91 Å². The standard InChI is InChI=1S/C7H13N3O/c1-3-5(2)6(9)7(11)10-4-8/h5-6H,3,9H2,1-2H3,(H,10,11)/t5?,6-/m0/s1. The topological polar surface area (TPSA) is 78.9 Å². The monoisotopic (exact) mass is 155 g/mol. The van der Waals surface area contributed by atoms with Gasteiger partial charge in [-0.05, 0) is 5.92 Å². The van der Waals surface area contributed by atoms with E-state index in [0.29, 0.717) is 0 Å². The third-order valence-corrected chi connectivity index (χ3v) is 1.74. The highest BCUT2D eigenvalue weighted by Gasteiger charge is 2.18. The van der Waals surface area contributed by atoms with Crippen molar-refractivity contribution in [3.8, 4) is 6.19 Å². The van der Waals surface area contributed by atoms with E-state index in [4.69, 9.17) is 11.0 Å². The van der Waals surface area contributed by atoms with Crippen molar-refractivity contribution in [2.45, 2.75) is 26.3 Å². The van der Waals surface area contributed by atoms with E-state index in [-0.39, 0.29) is 5.92 Å². The van der Waals surface area contributed by atoms with E-state index >= 15 is 0 Å². The van der Waals surface area contributed by atoms with Crippen LogP contribution in [0.1, 0.15) is 20.3 Å². The Labute approximate surface area is 66.4 Å². The lowest BCUT2D eigenvalue weighted by molar-refractivity contribution is -0.122. The lowest BCUT2D eigenvalue weighted by Gasteiger charge is -2.14. The zero-order valence-corrected chi connectivity index (χ0v) is 6.79. The number of carbonyl (C=O) groups excluding carboxylic acids is 1. The van der Waals surface area contributed by atoms with Crippen LogP contribution in [-0.4, -0.2) is 11.9 Å². The summed E-state index contributed by atoms with van der Waals surface area (Å²) in [7, 11) is 0. The summed E-state index contributed by atoms with van der Waals surface area (Å²) in [6, 6.07) is -0.570. The first-order chi connectivity index (χ1) is 5.13. The van der Waals surface area contributed by atoms with Crippen molar-refractivity contribution >= 4 is 5.91 Å². The maximum atomic E-state index is 10.9. The Hall–Kier alpha value is -1.08. The molecule has 0 aliphatic heterocycles. The van der Waals surface area contributed by atoms with Crippen LogP contribution in [0, 0.1) is 17.4 Å². The molecule has 0 bridgehead atoms. The van der Waals surface area contributed by atoms with Crippen LogP contribution in [0.5, 0.6) is 0 Å². The van der Waals surface area contributed by atoms with Gasteiger partial charge in [0.15, 0.2) is 6.19 Å². The average Bonchev–Trinajstić information content (AvgIpc) is 2.02. The molecule has 2 atom stereocenters. The number of nitrogens with zero attached hydrogens (tertiary/aromatic N) is 1. The molecular formula is C7H13N3O. The molecule has 4 nitrogen and oxygen atoms in total. The molecule has 11 heavy (non-hydrogen) atoms. The molecule has 0 saturated heterocycles. The molecule has 0 aromatic carbocycles. The molecule has 0 fully saturated rings. The van der Waals surface area contributed by atoms with E-state index in [0.717, 1.165) is 6.42 Å². The predicted octanol–water partition coefficient (Wildman–Crippen LogP) is -0.0429. The van der Waals surface area contributed by atoms with Gasteiger partial charge in [-0.3, -0.25) is 10.1 Å². The SMILES string of the molecule is CCC(C)[C@H](N)C(=O)NC#N. The molecule has 0 aromatic heterocycles. The van der Waals surface area contributed by atoms with E-state index in [2.05, 4.69) is 0 Å². The van der Waals surface area contributed by atoms with Gasteiger partial charge < -0.3 is 5.73 Å². The molecule has 0 aliphatic rings. The Morgan fingerprint density at radius 2 is 2.36 bits per heavy atom. The largest absolute Gasteiger partial charge is 0.320 e. The van der Waals surface area contributed by atoms with Crippen molar-refractivity contribution in [1.82, 2.24) is 5.32 Å². The molecule has 1 unspecified atom stereocenters. The Morgan fingerprint density at radius 1 is 1.82 bits per heavy atom. The minimum atomic E-state index is -0.570. The highest BCUT2D eigenvalue weighted by atomic mass is 16.2. The second-order valence-corrected chi connectivity index (χ2v) is 2.51. The van der Waals surface area contributed by atoms with E-state index in [9.17, 15) is 4.79 Å². The Balaban J connectivity index is 3.93. The highest BCUT2D eigenvalue weighted by Crippen LogP contribution is 2.04. The van der Waals surface area contributed by atoms with Crippen LogP contribution in [0.4, 0.5) is 0 Å². The normalized spacial score (nSPS) is 14.7. The summed E-state index contributed by atoms with van der Waals surface area (Å²) in [4.78, 5) is 10.9. The fourth-order valence-corrected chi connectivity index (χ4v) is 0.651. The summed E-state index contributed by atoms with van der Waals surface area (Å²) in [6.45, 7) is 3.83. The fraction of sp³-hybridized carbons (Fsp3) is 0.714. The summed E-state index contributed by atoms with van der Waals surface area (Å²) in [5, 5.41) is 10.1. The van der Waals surface area contributed by atoms with Crippen molar-refractivity contribution in [2.24, 2.45) is 11.7 Å². The zero-order chi connectivity index (χ0) is 8.85. The van der Waals surface area contributed by atoms with Crippen LogP contribution in [-0.2, 0) is 4.79 Å². The van der Waals surface area contributed by atoms with Crippen molar-refractivity contribution in [3.05, 3.63) is 0 Å². The Morgan fingerprint density at radius 3 is 2.73 bits per heavy atom. The van der Waals surface area contributed by atoms with Gasteiger partial charge in [0.05, 0.1) is 6.04 Å². The second-order valence-electron chi connectivity index (χ2n) is 2.51. The van der Waals surface area contributed by atoms with Crippen molar-refractivity contribution < 1.29 is 4.79 Å². The quantitative estimate of drug-likeness (QED) is 0.443. The number of nitrogens with one attached hydrogen (secondary N) is 1. The smallest absolute Gasteiger partial charge is 0.250 e. The zero-order valence-electron chi connectivity index (χ0n) is 6.79. The van der Waals surface area contributed by atoms with Crippen LogP contribution < -0.4 is 11.1 Å². The van der Waals surface area contributed by atoms with Gasteiger partial charge >= 0.3 is 0 Å². The minimum absolute atomic E-state index is 0.114. The molecule has 0 aromatic rings. The minimum Gasteiger partial charge on any atom is -0.320 e. The molecule has 0 heterocycles. The number of rotatable bonds is 3. The number of nitrogens with two attached hydrogens (primary N) is 1. The maximum Gasteiger partial charge on any atom is 0.250 e. The van der Waals surface area contributed by atoms with Crippen LogP contribution in [0.25, 0.3) is 0 Å². The Kier molecular flexibility index (Phi) is 4.23. The van der Waals surface area contributed by atoms with Gasteiger partial charge in [0.1, 0.15) is 0 Å². The molecule has 3 N–H and O–H groups in total. The van der Waals surface area contributed by atoms with Crippen LogP contribution in [0.2, 0.25) is 0 Å². The molecule has 0 aliphatic carbocycles. The van der Waals surface area contributed by atoms with E-state index in [1.54, 1.807) is 6.19 Å². The van der Waals surface area contributed by atoms with Crippen LogP contribution in [0.15, 0.2) is 0 Å². The van der Waals surface area contributed by atoms with Crippen molar-refractivity contribution in [2.75, 3.05) is 0 Å². The van der Waals surface area contributed by atoms with E-state index < -0.39 is 11.9 Å². The molecule has 1 amide bonds. The summed E-state index contributed by atoms with van der Waals surface area (Å²) < 4.78 is 0. The van der Waals surface area contributed by atoms with Gasteiger partial charge in [0.25, 0.3) is 0 Å². The van der Waals surface area contributed by atoms with Crippen molar-refractivity contribution in [1.29, 1.82) is 5.26 Å². The van der Waals surface area contributed by atoms with Crippen LogP contribution in [0.3, 0.4) is 0 Å². The third-order valence-electron chi connectivity index (χ3n) is 1.74. The lowest BCUT2D eigenvalue weighted by atomic mass is 10.00. The summed E-state index contributed by atoms with van der Waals surface area (Å²) in [6.07, 6.45) is 2.38. The number of carbonyl (C=O) groups is 1. The summed E-state index contributed by atoms with van der Waals surface area (Å²) >= 11 is 0. The van der Waals surface area contributed by atoms with Crippen molar-refractivity contribution in [3.63, 3.8) is 0 Å². The number of nitriles is 1.